The number of hydrogen-bond donors (Lipinski definition) is 2. The van der Waals surface area contributed by atoms with E-state index in [-0.39, 0.29) is 0 Å². The second kappa shape index (κ2) is 6.45. The van der Waals surface area contributed by atoms with Gasteiger partial charge in [0.25, 0.3) is 0 Å². The van der Waals surface area contributed by atoms with Crippen LogP contribution in [0.15, 0.2) is 18.3 Å². The Morgan fingerprint density at radius 2 is 2.25 bits per heavy atom. The highest BCUT2D eigenvalue weighted by atomic mass is 15.3. The molecule has 4 nitrogen and oxygen atoms in total. The zero-order chi connectivity index (χ0) is 12.0. The van der Waals surface area contributed by atoms with Crippen LogP contribution in [-0.2, 0) is 6.54 Å². The van der Waals surface area contributed by atoms with Crippen LogP contribution in [0.4, 0.5) is 5.82 Å². The fourth-order valence-electron chi connectivity index (χ4n) is 1.54. The molecule has 0 unspecified atom stereocenters. The number of aromatic nitrogens is 1. The van der Waals surface area contributed by atoms with Crippen LogP contribution in [0.2, 0.25) is 0 Å². The number of anilines is 1. The van der Waals surface area contributed by atoms with Gasteiger partial charge in [0.1, 0.15) is 5.82 Å². The van der Waals surface area contributed by atoms with Crippen molar-refractivity contribution in [2.45, 2.75) is 26.8 Å². The van der Waals surface area contributed by atoms with Crippen molar-refractivity contribution in [2.75, 3.05) is 19.0 Å². The van der Waals surface area contributed by atoms with Gasteiger partial charge in [0, 0.05) is 18.3 Å². The molecular weight excluding hydrogens is 200 g/mol. The van der Waals surface area contributed by atoms with E-state index in [1.165, 1.54) is 6.42 Å². The summed E-state index contributed by atoms with van der Waals surface area (Å²) in [6.45, 7) is 6.45. The summed E-state index contributed by atoms with van der Waals surface area (Å²) in [6.07, 6.45) is 2.95. The van der Waals surface area contributed by atoms with E-state index < -0.39 is 0 Å². The van der Waals surface area contributed by atoms with Crippen molar-refractivity contribution in [3.05, 3.63) is 23.9 Å². The molecule has 0 aliphatic carbocycles. The Balaban J connectivity index is 2.51. The zero-order valence-electron chi connectivity index (χ0n) is 10.4. The van der Waals surface area contributed by atoms with E-state index in [0.717, 1.165) is 30.4 Å². The average Bonchev–Trinajstić information content (AvgIpc) is 2.27. The Morgan fingerprint density at radius 1 is 1.50 bits per heavy atom. The molecule has 1 heterocycles. The molecule has 0 aromatic carbocycles. The van der Waals surface area contributed by atoms with Gasteiger partial charge in [-0.3, -0.25) is 0 Å². The summed E-state index contributed by atoms with van der Waals surface area (Å²) < 4.78 is 0. The van der Waals surface area contributed by atoms with E-state index in [2.05, 4.69) is 36.2 Å². The van der Waals surface area contributed by atoms with E-state index in [1.807, 2.05) is 12.1 Å². The van der Waals surface area contributed by atoms with Crippen LogP contribution in [0.3, 0.4) is 0 Å². The lowest BCUT2D eigenvalue weighted by molar-refractivity contribution is 0.303. The van der Waals surface area contributed by atoms with E-state index in [1.54, 1.807) is 6.20 Å². The highest BCUT2D eigenvalue weighted by molar-refractivity contribution is 5.42. The predicted octanol–water partition coefficient (Wildman–Crippen LogP) is 1.85. The molecule has 1 aromatic rings. The lowest BCUT2D eigenvalue weighted by Crippen LogP contribution is -2.22. The number of nitrogens with two attached hydrogens (primary N) is 1. The largest absolute Gasteiger partial charge is 0.308 e. The van der Waals surface area contributed by atoms with Gasteiger partial charge in [0.2, 0.25) is 0 Å². The number of rotatable bonds is 6. The number of hydrazine groups is 1. The minimum absolute atomic E-state index is 0.739. The van der Waals surface area contributed by atoms with Crippen LogP contribution < -0.4 is 11.3 Å². The molecule has 0 bridgehead atoms. The van der Waals surface area contributed by atoms with Crippen molar-refractivity contribution in [1.29, 1.82) is 0 Å². The van der Waals surface area contributed by atoms with Crippen molar-refractivity contribution in [2.24, 2.45) is 11.8 Å². The monoisotopic (exact) mass is 222 g/mol. The standard InChI is InChI=1S/C12H22N4/c1-10(2)6-8-16(3)9-11-5-4-7-14-12(11)15-13/h4-5,7,10H,6,8-9,13H2,1-3H3,(H,14,15). The molecule has 90 valence electrons. The van der Waals surface area contributed by atoms with Crippen LogP contribution >= 0.6 is 0 Å². The number of hydrogen-bond acceptors (Lipinski definition) is 4. The van der Waals surface area contributed by atoms with Crippen molar-refractivity contribution in [3.8, 4) is 0 Å². The Kier molecular flexibility index (Phi) is 5.22. The first-order valence-electron chi connectivity index (χ1n) is 5.72. The summed E-state index contributed by atoms with van der Waals surface area (Å²) in [5.41, 5.74) is 3.76. The summed E-state index contributed by atoms with van der Waals surface area (Å²) in [7, 11) is 2.12. The van der Waals surface area contributed by atoms with Gasteiger partial charge in [-0.05, 0) is 32.0 Å². The number of pyridine rings is 1. The Labute approximate surface area is 97.8 Å². The van der Waals surface area contributed by atoms with Crippen LogP contribution in [0.1, 0.15) is 25.8 Å². The molecule has 1 rings (SSSR count). The van der Waals surface area contributed by atoms with Crippen LogP contribution in [0.5, 0.6) is 0 Å². The Morgan fingerprint density at radius 3 is 2.88 bits per heavy atom. The first-order chi connectivity index (χ1) is 7.63. The molecular formula is C12H22N4. The summed E-state index contributed by atoms with van der Waals surface area (Å²) in [5, 5.41) is 0. The van der Waals surface area contributed by atoms with Crippen molar-refractivity contribution < 1.29 is 0 Å². The van der Waals surface area contributed by atoms with Gasteiger partial charge < -0.3 is 10.3 Å². The zero-order valence-corrected chi connectivity index (χ0v) is 10.4. The molecule has 0 saturated heterocycles. The second-order valence-corrected chi connectivity index (χ2v) is 4.58. The van der Waals surface area contributed by atoms with Crippen LogP contribution in [-0.4, -0.2) is 23.5 Å². The van der Waals surface area contributed by atoms with Crippen molar-refractivity contribution >= 4 is 5.82 Å². The molecule has 0 fully saturated rings. The fourth-order valence-corrected chi connectivity index (χ4v) is 1.54. The first kappa shape index (κ1) is 12.9. The molecule has 4 heteroatoms. The van der Waals surface area contributed by atoms with E-state index in [0.29, 0.717) is 0 Å². The highest BCUT2D eigenvalue weighted by Gasteiger charge is 2.06. The maximum Gasteiger partial charge on any atom is 0.144 e. The number of nitrogens with one attached hydrogen (secondary N) is 1. The first-order valence-corrected chi connectivity index (χ1v) is 5.72. The predicted molar refractivity (Wildman–Crippen MR) is 67.8 cm³/mol. The third-order valence-corrected chi connectivity index (χ3v) is 2.56. The number of nitrogen functional groups attached to an aromatic ring is 1. The van der Waals surface area contributed by atoms with Gasteiger partial charge >= 0.3 is 0 Å². The quantitative estimate of drug-likeness (QED) is 0.569. The van der Waals surface area contributed by atoms with Gasteiger partial charge in [-0.2, -0.15) is 0 Å². The summed E-state index contributed by atoms with van der Waals surface area (Å²) >= 11 is 0. The van der Waals surface area contributed by atoms with Crippen molar-refractivity contribution in [1.82, 2.24) is 9.88 Å². The number of nitrogens with zero attached hydrogens (tertiary/aromatic N) is 2. The van der Waals surface area contributed by atoms with E-state index >= 15 is 0 Å². The van der Waals surface area contributed by atoms with Gasteiger partial charge in [-0.1, -0.05) is 19.9 Å². The third-order valence-electron chi connectivity index (χ3n) is 2.56. The summed E-state index contributed by atoms with van der Waals surface area (Å²) in [4.78, 5) is 6.47. The van der Waals surface area contributed by atoms with Crippen molar-refractivity contribution in [3.63, 3.8) is 0 Å². The molecule has 16 heavy (non-hydrogen) atoms. The van der Waals surface area contributed by atoms with Gasteiger partial charge in [0.05, 0.1) is 0 Å². The molecule has 3 N–H and O–H groups in total. The smallest absolute Gasteiger partial charge is 0.144 e. The minimum atomic E-state index is 0.739. The minimum Gasteiger partial charge on any atom is -0.308 e. The normalized spacial score (nSPS) is 11.1. The average molecular weight is 222 g/mol. The summed E-state index contributed by atoms with van der Waals surface area (Å²) in [5.74, 6) is 6.92. The molecule has 0 aliphatic heterocycles. The third kappa shape index (κ3) is 4.16. The molecule has 1 aromatic heterocycles. The van der Waals surface area contributed by atoms with E-state index in [4.69, 9.17) is 5.84 Å². The molecule has 0 atom stereocenters. The maximum atomic E-state index is 5.42. The van der Waals surface area contributed by atoms with E-state index in [9.17, 15) is 0 Å². The van der Waals surface area contributed by atoms with Gasteiger partial charge in [-0.15, -0.1) is 0 Å². The lowest BCUT2D eigenvalue weighted by Gasteiger charge is -2.19. The van der Waals surface area contributed by atoms with Gasteiger partial charge in [0.15, 0.2) is 0 Å². The molecule has 0 saturated carbocycles. The maximum absolute atomic E-state index is 5.42. The molecule has 0 spiro atoms. The molecule has 0 amide bonds. The topological polar surface area (TPSA) is 54.2 Å². The molecule has 0 aliphatic rings. The Hall–Kier alpha value is -1.13. The Bertz CT molecular complexity index is 312. The molecule has 0 radical (unpaired) electrons. The van der Waals surface area contributed by atoms with Crippen LogP contribution in [0, 0.1) is 5.92 Å². The second-order valence-electron chi connectivity index (χ2n) is 4.58. The highest BCUT2D eigenvalue weighted by Crippen LogP contribution is 2.12. The van der Waals surface area contributed by atoms with Gasteiger partial charge in [-0.25, -0.2) is 10.8 Å². The fraction of sp³-hybridized carbons (Fsp3) is 0.583. The lowest BCUT2D eigenvalue weighted by atomic mass is 10.1. The SMILES string of the molecule is CC(C)CCN(C)Cc1cccnc1NN. The summed E-state index contributed by atoms with van der Waals surface area (Å²) in [6, 6.07) is 3.99. The van der Waals surface area contributed by atoms with Crippen LogP contribution in [0.25, 0.3) is 0 Å².